The summed E-state index contributed by atoms with van der Waals surface area (Å²) in [6, 6.07) is 7.46. The molecule has 0 radical (unpaired) electrons. The average molecular weight is 681 g/mol. The Bertz CT molecular complexity index is 2050. The molecule has 15 nitrogen and oxygen atoms in total. The number of benzene rings is 1. The van der Waals surface area contributed by atoms with Gasteiger partial charge in [-0.3, -0.25) is 14.6 Å². The van der Waals surface area contributed by atoms with E-state index in [2.05, 4.69) is 30.5 Å². The lowest BCUT2D eigenvalue weighted by Crippen LogP contribution is -2.41. The zero-order valence-electron chi connectivity index (χ0n) is 28.2. The highest BCUT2D eigenvalue weighted by molar-refractivity contribution is 6.05. The van der Waals surface area contributed by atoms with Gasteiger partial charge in [-0.25, -0.2) is 14.2 Å². The summed E-state index contributed by atoms with van der Waals surface area (Å²) in [6.07, 6.45) is 9.35. The van der Waals surface area contributed by atoms with Gasteiger partial charge in [0.15, 0.2) is 11.3 Å². The highest BCUT2D eigenvalue weighted by Gasteiger charge is 2.30. The van der Waals surface area contributed by atoms with Crippen LogP contribution in [0.4, 0.5) is 5.69 Å². The van der Waals surface area contributed by atoms with Gasteiger partial charge in [0.05, 0.1) is 47.1 Å². The number of anilines is 1. The molecule has 0 bridgehead atoms. The molecule has 2 fully saturated rings. The van der Waals surface area contributed by atoms with Gasteiger partial charge in [-0.05, 0) is 51.5 Å². The van der Waals surface area contributed by atoms with Crippen molar-refractivity contribution in [2.24, 2.45) is 5.92 Å². The van der Waals surface area contributed by atoms with Crippen LogP contribution in [0.3, 0.4) is 0 Å². The van der Waals surface area contributed by atoms with Crippen molar-refractivity contribution in [2.45, 2.75) is 25.4 Å². The Hall–Kier alpha value is -5.28. The molecule has 1 unspecified atom stereocenters. The van der Waals surface area contributed by atoms with E-state index in [4.69, 9.17) is 24.3 Å². The summed E-state index contributed by atoms with van der Waals surface area (Å²) in [5.41, 5.74) is 4.41. The lowest BCUT2D eigenvalue weighted by Gasteiger charge is -2.31. The van der Waals surface area contributed by atoms with Gasteiger partial charge in [0.25, 0.3) is 5.91 Å². The smallest absolute Gasteiger partial charge is 0.309 e. The molecule has 1 aromatic carbocycles. The number of ether oxygens (including phenoxy) is 3. The normalized spacial score (nSPS) is 18.5. The van der Waals surface area contributed by atoms with Crippen LogP contribution in [0, 0.1) is 5.92 Å². The van der Waals surface area contributed by atoms with Crippen molar-refractivity contribution < 1.29 is 23.8 Å². The monoisotopic (exact) mass is 680 g/mol. The van der Waals surface area contributed by atoms with E-state index in [1.807, 2.05) is 37.5 Å². The number of piperidine rings is 1. The second-order valence-corrected chi connectivity index (χ2v) is 13.1. The number of nitrogens with one attached hydrogen (secondary N) is 2. The Labute approximate surface area is 288 Å². The number of pyridine rings is 1. The number of methoxy groups -OCH3 is 1. The van der Waals surface area contributed by atoms with Crippen LogP contribution in [0.2, 0.25) is 0 Å². The van der Waals surface area contributed by atoms with E-state index < -0.39 is 0 Å². The molecule has 260 valence electrons. The lowest BCUT2D eigenvalue weighted by atomic mass is 9.97. The quantitative estimate of drug-likeness (QED) is 0.220. The van der Waals surface area contributed by atoms with Gasteiger partial charge in [-0.2, -0.15) is 10.2 Å². The van der Waals surface area contributed by atoms with Crippen molar-refractivity contribution in [1.29, 1.82) is 0 Å². The number of carbonyl (C=O) groups is 2. The number of carbonyl (C=O) groups excluding carboxylic acids is 2. The Morgan fingerprint density at radius 2 is 1.98 bits per heavy atom. The first-order chi connectivity index (χ1) is 24.4. The van der Waals surface area contributed by atoms with Crippen LogP contribution in [-0.2, 0) is 9.53 Å². The molecule has 3 aliphatic rings. The molecular formula is C35H40N10O5. The number of rotatable bonds is 9. The van der Waals surface area contributed by atoms with E-state index in [1.54, 1.807) is 34.9 Å². The van der Waals surface area contributed by atoms with Crippen molar-refractivity contribution in [2.75, 3.05) is 71.9 Å². The third-order valence-corrected chi connectivity index (χ3v) is 9.79. The number of nitrogens with zero attached hydrogens (tertiary/aromatic N) is 8. The molecule has 0 aliphatic carbocycles. The van der Waals surface area contributed by atoms with E-state index in [-0.39, 0.29) is 29.6 Å². The van der Waals surface area contributed by atoms with Gasteiger partial charge < -0.3 is 34.6 Å². The van der Waals surface area contributed by atoms with E-state index in [0.29, 0.717) is 65.7 Å². The predicted molar refractivity (Wildman–Crippen MR) is 185 cm³/mol. The molecule has 2 saturated heterocycles. The largest absolute Gasteiger partial charge is 0.494 e. The van der Waals surface area contributed by atoms with Crippen molar-refractivity contribution in [3.63, 3.8) is 0 Å². The number of likely N-dealkylation sites (N-methyl/N-ethyl adjacent to an activating group) is 1. The summed E-state index contributed by atoms with van der Waals surface area (Å²) >= 11 is 0. The zero-order chi connectivity index (χ0) is 34.2. The van der Waals surface area contributed by atoms with Crippen LogP contribution in [0.5, 0.6) is 11.5 Å². The maximum atomic E-state index is 13.8. The first kappa shape index (κ1) is 32.0. The summed E-state index contributed by atoms with van der Waals surface area (Å²) in [6.45, 7) is 5.63. The molecule has 4 aromatic heterocycles. The van der Waals surface area contributed by atoms with E-state index in [9.17, 15) is 9.59 Å². The predicted octanol–water partition coefficient (Wildman–Crippen LogP) is 2.63. The first-order valence-electron chi connectivity index (χ1n) is 17.1. The minimum atomic E-state index is -0.309. The summed E-state index contributed by atoms with van der Waals surface area (Å²) in [4.78, 5) is 40.2. The number of hydrogen-bond acceptors (Lipinski definition) is 12. The van der Waals surface area contributed by atoms with Gasteiger partial charge in [-0.15, -0.1) is 0 Å². The van der Waals surface area contributed by atoms with Gasteiger partial charge in [0.1, 0.15) is 29.9 Å². The number of aromatic nitrogens is 6. The molecule has 2 N–H and O–H groups in total. The fraction of sp³-hybridized carbons (Fsp3) is 0.429. The number of hydrogen-bond donors (Lipinski definition) is 2. The number of likely N-dealkylation sites (tertiary alicyclic amines) is 2. The zero-order valence-corrected chi connectivity index (χ0v) is 28.2. The second-order valence-electron chi connectivity index (χ2n) is 13.1. The van der Waals surface area contributed by atoms with Crippen molar-refractivity contribution in [1.82, 2.24) is 44.5 Å². The second kappa shape index (κ2) is 13.6. The van der Waals surface area contributed by atoms with Gasteiger partial charge in [0.2, 0.25) is 0 Å². The highest BCUT2D eigenvalue weighted by Crippen LogP contribution is 2.38. The first-order valence-corrected chi connectivity index (χ1v) is 17.1. The third kappa shape index (κ3) is 6.18. The van der Waals surface area contributed by atoms with Gasteiger partial charge >= 0.3 is 5.97 Å². The molecule has 50 heavy (non-hydrogen) atoms. The molecule has 5 aromatic rings. The van der Waals surface area contributed by atoms with Crippen LogP contribution in [-0.4, -0.2) is 124 Å². The Kier molecular flexibility index (Phi) is 8.66. The maximum absolute atomic E-state index is 13.8. The lowest BCUT2D eigenvalue weighted by molar-refractivity contribution is -0.155. The molecule has 0 saturated carbocycles. The number of amides is 1. The molecular weight excluding hydrogens is 640 g/mol. The molecule has 7 heterocycles. The molecule has 15 heteroatoms. The van der Waals surface area contributed by atoms with Crippen molar-refractivity contribution in [3.8, 4) is 28.4 Å². The fourth-order valence-electron chi connectivity index (χ4n) is 7.05. The fourth-order valence-corrected chi connectivity index (χ4v) is 7.05. The van der Waals surface area contributed by atoms with Gasteiger partial charge in [0, 0.05) is 63.4 Å². The summed E-state index contributed by atoms with van der Waals surface area (Å²) < 4.78 is 20.9. The summed E-state index contributed by atoms with van der Waals surface area (Å²) in [7, 11) is 3.65. The molecule has 0 spiro atoms. The van der Waals surface area contributed by atoms with Crippen molar-refractivity contribution in [3.05, 3.63) is 54.7 Å². The highest BCUT2D eigenvalue weighted by atomic mass is 16.5. The van der Waals surface area contributed by atoms with Crippen LogP contribution in [0.15, 0.2) is 49.1 Å². The summed E-state index contributed by atoms with van der Waals surface area (Å²) in [5.74, 6) is 0.783. The topological polar surface area (TPSA) is 153 Å². The van der Waals surface area contributed by atoms with Crippen LogP contribution < -0.4 is 20.1 Å². The van der Waals surface area contributed by atoms with E-state index >= 15 is 0 Å². The summed E-state index contributed by atoms with van der Waals surface area (Å²) in [5, 5.41) is 16.3. The van der Waals surface area contributed by atoms with Crippen LogP contribution in [0.25, 0.3) is 33.5 Å². The number of esters is 1. The molecule has 3 aliphatic heterocycles. The standard InChI is InChI=1S/C35H40N10O5/c1-42-11-6-23(21-42)50-35(47)22-4-12-43(13-5-22)14-8-38-34(46)32-25-19-39-26(24-20-40-44-10-3-7-37-33(24)44)16-28(25)45(41-32)29-18-30-27(17-31(29)48-2)36-9-15-49-30/h3,7,10,16-20,22-23,36H,4-6,8-9,11-15,21H2,1-2H3,(H,38,46). The van der Waals surface area contributed by atoms with Crippen molar-refractivity contribution >= 4 is 34.1 Å². The van der Waals surface area contributed by atoms with E-state index in [0.717, 1.165) is 56.7 Å². The Morgan fingerprint density at radius 3 is 2.80 bits per heavy atom. The minimum Gasteiger partial charge on any atom is -0.494 e. The van der Waals surface area contributed by atoms with Crippen LogP contribution >= 0.6 is 0 Å². The third-order valence-electron chi connectivity index (χ3n) is 9.79. The number of fused-ring (bicyclic) bond motifs is 3. The average Bonchev–Trinajstić information content (AvgIpc) is 3.87. The molecule has 1 amide bonds. The maximum Gasteiger partial charge on any atom is 0.309 e. The molecule has 8 rings (SSSR count). The molecule has 1 atom stereocenters. The SMILES string of the molecule is COc1cc2c(cc1-n1nc(C(=O)NCCN3CCC(C(=O)OC4CCN(C)C4)CC3)c3cnc(-c4cnn5cccnc45)cc31)OCCN2. The minimum absolute atomic E-state index is 0.00352. The Balaban J connectivity index is 1.02. The van der Waals surface area contributed by atoms with E-state index in [1.165, 1.54) is 0 Å². The van der Waals surface area contributed by atoms with Crippen LogP contribution in [0.1, 0.15) is 29.8 Å². The van der Waals surface area contributed by atoms with Gasteiger partial charge in [-0.1, -0.05) is 0 Å². The Morgan fingerprint density at radius 1 is 1.10 bits per heavy atom.